The van der Waals surface area contributed by atoms with Crippen LogP contribution in [-0.2, 0) is 6.18 Å². The molecule has 0 saturated carbocycles. The zero-order chi connectivity index (χ0) is 18.9. The van der Waals surface area contributed by atoms with E-state index in [0.717, 1.165) is 18.6 Å². The summed E-state index contributed by atoms with van der Waals surface area (Å²) in [5.41, 5.74) is 0.490. The van der Waals surface area contributed by atoms with Gasteiger partial charge in [0.1, 0.15) is 5.75 Å². The fourth-order valence-corrected chi connectivity index (χ4v) is 3.18. The van der Waals surface area contributed by atoms with Gasteiger partial charge in [0.15, 0.2) is 0 Å². The van der Waals surface area contributed by atoms with E-state index in [4.69, 9.17) is 0 Å². The molecule has 2 nitrogen and oxygen atoms in total. The number of anilines is 1. The summed E-state index contributed by atoms with van der Waals surface area (Å²) in [4.78, 5) is 1.90. The number of alkyl halides is 6. The van der Waals surface area contributed by atoms with Crippen LogP contribution in [0.2, 0.25) is 0 Å². The molecule has 2 aromatic carbocycles. The molecule has 0 spiro atoms. The molecule has 0 radical (unpaired) electrons. The van der Waals surface area contributed by atoms with Crippen LogP contribution >= 0.6 is 0 Å². The first-order valence-electron chi connectivity index (χ1n) is 7.93. The van der Waals surface area contributed by atoms with Crippen molar-refractivity contribution in [2.24, 2.45) is 0 Å². The molecule has 1 heterocycles. The molecule has 1 aliphatic heterocycles. The van der Waals surface area contributed by atoms with E-state index in [-0.39, 0.29) is 11.8 Å². The number of hydrogen-bond donors (Lipinski definition) is 0. The standard InChI is InChI=1S/C18H15F6NO/c19-17(20,21)13-6-8-14(9-7-13)25-10-2-5-16(25)12-3-1-4-15(11-12)26-18(22,23)24/h1,3-4,6-9,11,16H,2,5,10H2/t16-/m1/s1. The van der Waals surface area contributed by atoms with Gasteiger partial charge < -0.3 is 9.64 Å². The summed E-state index contributed by atoms with van der Waals surface area (Å²) in [7, 11) is 0. The van der Waals surface area contributed by atoms with Crippen LogP contribution in [0.4, 0.5) is 32.0 Å². The molecule has 0 N–H and O–H groups in total. The first-order chi connectivity index (χ1) is 12.1. The van der Waals surface area contributed by atoms with Gasteiger partial charge in [0, 0.05) is 12.2 Å². The molecule has 0 amide bonds. The minimum absolute atomic E-state index is 0.219. The van der Waals surface area contributed by atoms with E-state index in [1.807, 2.05) is 4.90 Å². The largest absolute Gasteiger partial charge is 0.573 e. The maximum atomic E-state index is 12.7. The quantitative estimate of drug-likeness (QED) is 0.615. The minimum atomic E-state index is -4.78. The van der Waals surface area contributed by atoms with Gasteiger partial charge in [-0.25, -0.2) is 0 Å². The Bertz CT molecular complexity index is 754. The molecule has 0 bridgehead atoms. The van der Waals surface area contributed by atoms with Crippen molar-refractivity contribution in [3.63, 3.8) is 0 Å². The zero-order valence-corrected chi connectivity index (χ0v) is 13.4. The lowest BCUT2D eigenvalue weighted by molar-refractivity contribution is -0.274. The maximum Gasteiger partial charge on any atom is 0.573 e. The highest BCUT2D eigenvalue weighted by atomic mass is 19.4. The van der Waals surface area contributed by atoms with Crippen molar-refractivity contribution in [3.8, 4) is 5.75 Å². The molecule has 1 atom stereocenters. The molecular weight excluding hydrogens is 360 g/mol. The summed E-state index contributed by atoms with van der Waals surface area (Å²) in [5.74, 6) is -0.311. The van der Waals surface area contributed by atoms with Crippen LogP contribution in [0.25, 0.3) is 0 Å². The molecule has 3 rings (SSSR count). The third-order valence-corrected chi connectivity index (χ3v) is 4.26. The highest BCUT2D eigenvalue weighted by Crippen LogP contribution is 2.39. The van der Waals surface area contributed by atoms with Crippen LogP contribution in [0, 0.1) is 0 Å². The molecule has 1 fully saturated rings. The molecule has 2 aromatic rings. The Morgan fingerprint density at radius 2 is 1.62 bits per heavy atom. The molecule has 0 aliphatic carbocycles. The summed E-state index contributed by atoms with van der Waals surface area (Å²) in [6.07, 6.45) is -7.71. The van der Waals surface area contributed by atoms with Crippen LogP contribution in [0.3, 0.4) is 0 Å². The molecule has 8 heteroatoms. The average molecular weight is 375 g/mol. The first kappa shape index (κ1) is 18.4. The Labute approximate surface area is 146 Å². The van der Waals surface area contributed by atoms with Gasteiger partial charge in [-0.15, -0.1) is 13.2 Å². The second kappa shape index (κ2) is 6.74. The predicted octanol–water partition coefficient (Wildman–Crippen LogP) is 5.95. The van der Waals surface area contributed by atoms with Gasteiger partial charge in [-0.3, -0.25) is 0 Å². The number of ether oxygens (including phenoxy) is 1. The van der Waals surface area contributed by atoms with E-state index in [9.17, 15) is 26.3 Å². The van der Waals surface area contributed by atoms with E-state index in [1.54, 1.807) is 6.07 Å². The third-order valence-electron chi connectivity index (χ3n) is 4.26. The smallest absolute Gasteiger partial charge is 0.406 e. The van der Waals surface area contributed by atoms with Gasteiger partial charge in [-0.05, 0) is 54.8 Å². The lowest BCUT2D eigenvalue weighted by atomic mass is 10.0. The monoisotopic (exact) mass is 375 g/mol. The first-order valence-corrected chi connectivity index (χ1v) is 7.93. The lowest BCUT2D eigenvalue weighted by Crippen LogP contribution is -2.23. The topological polar surface area (TPSA) is 12.5 Å². The Morgan fingerprint density at radius 3 is 2.23 bits per heavy atom. The zero-order valence-electron chi connectivity index (χ0n) is 13.4. The highest BCUT2D eigenvalue weighted by molar-refractivity contribution is 5.52. The second-order valence-electron chi connectivity index (χ2n) is 6.02. The molecular formula is C18H15F6NO. The number of rotatable bonds is 3. The number of hydrogen-bond acceptors (Lipinski definition) is 2. The highest BCUT2D eigenvalue weighted by Gasteiger charge is 2.33. The van der Waals surface area contributed by atoms with E-state index < -0.39 is 18.1 Å². The van der Waals surface area contributed by atoms with E-state index in [0.29, 0.717) is 24.2 Å². The van der Waals surface area contributed by atoms with Gasteiger partial charge >= 0.3 is 12.5 Å². The van der Waals surface area contributed by atoms with Crippen LogP contribution in [0.5, 0.6) is 5.75 Å². The van der Waals surface area contributed by atoms with Crippen molar-refractivity contribution in [3.05, 3.63) is 59.7 Å². The molecule has 1 saturated heterocycles. The van der Waals surface area contributed by atoms with Gasteiger partial charge in [0.25, 0.3) is 0 Å². The summed E-state index contributed by atoms with van der Waals surface area (Å²) in [5, 5.41) is 0. The average Bonchev–Trinajstić information content (AvgIpc) is 3.02. The molecule has 0 aromatic heterocycles. The van der Waals surface area contributed by atoms with Gasteiger partial charge in [0.2, 0.25) is 0 Å². The Balaban J connectivity index is 1.83. The molecule has 1 aliphatic rings. The van der Waals surface area contributed by atoms with Gasteiger partial charge in [-0.1, -0.05) is 12.1 Å². The maximum absolute atomic E-state index is 12.7. The van der Waals surface area contributed by atoms with E-state index in [2.05, 4.69) is 4.74 Å². The summed E-state index contributed by atoms with van der Waals surface area (Å²) in [6, 6.07) is 10.3. The van der Waals surface area contributed by atoms with Crippen LogP contribution < -0.4 is 9.64 Å². The predicted molar refractivity (Wildman–Crippen MR) is 83.9 cm³/mol. The fraction of sp³-hybridized carbons (Fsp3) is 0.333. The van der Waals surface area contributed by atoms with E-state index in [1.165, 1.54) is 30.3 Å². The molecule has 0 unspecified atom stereocenters. The molecule has 26 heavy (non-hydrogen) atoms. The van der Waals surface area contributed by atoms with Crippen LogP contribution in [0.15, 0.2) is 48.5 Å². The Kier molecular flexibility index (Phi) is 4.77. The normalized spacial score (nSPS) is 18.2. The number of benzene rings is 2. The summed E-state index contributed by atoms with van der Waals surface area (Å²) in [6.45, 7) is 0.611. The third kappa shape index (κ3) is 4.23. The van der Waals surface area contributed by atoms with Crippen molar-refractivity contribution in [1.29, 1.82) is 0 Å². The minimum Gasteiger partial charge on any atom is -0.406 e. The van der Waals surface area contributed by atoms with Crippen molar-refractivity contribution >= 4 is 5.69 Å². The summed E-state index contributed by atoms with van der Waals surface area (Å²) < 4.78 is 79.3. The van der Waals surface area contributed by atoms with Gasteiger partial charge in [-0.2, -0.15) is 13.2 Å². The number of halogens is 6. The fourth-order valence-electron chi connectivity index (χ4n) is 3.18. The number of nitrogens with zero attached hydrogens (tertiary/aromatic N) is 1. The molecule has 140 valence electrons. The van der Waals surface area contributed by atoms with Crippen LogP contribution in [-0.4, -0.2) is 12.9 Å². The lowest BCUT2D eigenvalue weighted by Gasteiger charge is -2.28. The SMILES string of the molecule is FC(F)(F)Oc1cccc([C@H]2CCCN2c2ccc(C(F)(F)F)cc2)c1. The van der Waals surface area contributed by atoms with Crippen LogP contribution in [0.1, 0.15) is 30.0 Å². The van der Waals surface area contributed by atoms with Crippen molar-refractivity contribution in [2.75, 3.05) is 11.4 Å². The van der Waals surface area contributed by atoms with Crippen molar-refractivity contribution in [1.82, 2.24) is 0 Å². The second-order valence-corrected chi connectivity index (χ2v) is 6.02. The van der Waals surface area contributed by atoms with Crippen molar-refractivity contribution in [2.45, 2.75) is 31.4 Å². The van der Waals surface area contributed by atoms with E-state index >= 15 is 0 Å². The Morgan fingerprint density at radius 1 is 0.923 bits per heavy atom. The summed E-state index contributed by atoms with van der Waals surface area (Å²) >= 11 is 0. The Hall–Kier alpha value is -2.38. The van der Waals surface area contributed by atoms with Crippen molar-refractivity contribution < 1.29 is 31.1 Å². The van der Waals surface area contributed by atoms with Gasteiger partial charge in [0.05, 0.1) is 11.6 Å².